The van der Waals surface area contributed by atoms with Crippen molar-refractivity contribution < 1.29 is 48.4 Å². The maximum absolute atomic E-state index is 14.6. The van der Waals surface area contributed by atoms with E-state index in [-0.39, 0.29) is 50.2 Å². The molecular weight excluding hydrogens is 830 g/mol. The van der Waals surface area contributed by atoms with Crippen LogP contribution in [0.25, 0.3) is 0 Å². The number of phenolic OH excluding ortho intramolecular Hbond substituents is 1. The first kappa shape index (κ1) is 34.5. The second-order valence-corrected chi connectivity index (χ2v) is 15.2. The number of aromatic carboxylic acids is 1. The fourth-order valence-electron chi connectivity index (χ4n) is 7.82. The minimum atomic E-state index is -2.25. The van der Waals surface area contributed by atoms with Crippen LogP contribution in [0, 0.1) is 23.6 Å². The molecule has 1 saturated carbocycles. The van der Waals surface area contributed by atoms with Gasteiger partial charge in [0.15, 0.2) is 21.2 Å². The number of phenols is 2. The quantitative estimate of drug-likeness (QED) is 0.153. The number of amides is 4. The molecule has 3 N–H and O–H groups in total. The summed E-state index contributed by atoms with van der Waals surface area (Å²) < 4.78 is 19.7. The number of fused-ring (bicyclic) bond motifs is 4. The van der Waals surface area contributed by atoms with Crippen LogP contribution in [0.5, 0.6) is 17.2 Å². The van der Waals surface area contributed by atoms with Gasteiger partial charge in [-0.25, -0.2) is 19.0 Å². The molecule has 0 aromatic heterocycles. The lowest BCUT2D eigenvalue weighted by Crippen LogP contribution is -2.60. The molecule has 50 heavy (non-hydrogen) atoms. The number of rotatable bonds is 5. The Balaban J connectivity index is 1.42. The first-order valence-electron chi connectivity index (χ1n) is 15.0. The number of alkyl halides is 2. The van der Waals surface area contributed by atoms with Crippen LogP contribution in [-0.4, -0.2) is 61.8 Å². The SMILES string of the molecule is COc1cc([C@H]2C3=CC[C@@H]4C(=O)N(c5ccc(C(=O)O)c(O)c5)C(=O)[C@@H]4[C@@H]3C[C@@]3(Cl)C(=O)N(c4ccc(F)cc4)C(=O)[C@@]23Cl)c(Br)c(Br)c1O. The van der Waals surface area contributed by atoms with Crippen LogP contribution in [0.3, 0.4) is 0 Å². The lowest BCUT2D eigenvalue weighted by atomic mass is 9.56. The highest BCUT2D eigenvalue weighted by atomic mass is 79.9. The van der Waals surface area contributed by atoms with E-state index in [1.54, 1.807) is 6.08 Å². The van der Waals surface area contributed by atoms with Gasteiger partial charge in [-0.3, -0.25) is 19.2 Å². The monoisotopic (exact) mass is 850 g/mol. The zero-order valence-electron chi connectivity index (χ0n) is 25.5. The molecule has 2 saturated heterocycles. The van der Waals surface area contributed by atoms with E-state index in [0.717, 1.165) is 34.1 Å². The van der Waals surface area contributed by atoms with E-state index in [1.165, 1.54) is 31.4 Å². The smallest absolute Gasteiger partial charge is 0.339 e. The highest BCUT2D eigenvalue weighted by molar-refractivity contribution is 9.13. The fraction of sp³-hybridized carbons (Fsp3) is 0.265. The zero-order chi connectivity index (χ0) is 36.2. The zero-order valence-corrected chi connectivity index (χ0v) is 30.2. The second kappa shape index (κ2) is 11.8. The van der Waals surface area contributed by atoms with Gasteiger partial charge in [-0.1, -0.05) is 11.6 Å². The Morgan fingerprint density at radius 1 is 0.920 bits per heavy atom. The van der Waals surface area contributed by atoms with Gasteiger partial charge in [0.05, 0.1) is 34.8 Å². The summed E-state index contributed by atoms with van der Waals surface area (Å²) in [5, 5.41) is 30.5. The van der Waals surface area contributed by atoms with E-state index in [2.05, 4.69) is 31.9 Å². The number of imide groups is 2. The molecule has 3 aromatic rings. The van der Waals surface area contributed by atoms with E-state index >= 15 is 0 Å². The van der Waals surface area contributed by atoms with Crippen molar-refractivity contribution in [3.8, 4) is 17.2 Å². The summed E-state index contributed by atoms with van der Waals surface area (Å²) in [7, 11) is 1.31. The summed E-state index contributed by atoms with van der Waals surface area (Å²) in [5.41, 5.74) is 0.236. The third-order valence-corrected chi connectivity index (χ3v) is 13.6. The molecule has 0 unspecified atom stereocenters. The van der Waals surface area contributed by atoms with Gasteiger partial charge in [0.25, 0.3) is 11.8 Å². The van der Waals surface area contributed by atoms with E-state index < -0.39 is 80.1 Å². The van der Waals surface area contributed by atoms with Crippen LogP contribution in [0.15, 0.2) is 69.1 Å². The van der Waals surface area contributed by atoms with Crippen LogP contribution < -0.4 is 14.5 Å². The number of anilines is 2. The number of allylic oxidation sites excluding steroid dienone is 2. The molecule has 258 valence electrons. The highest BCUT2D eigenvalue weighted by Gasteiger charge is 2.77. The number of aromatic hydroxyl groups is 2. The third kappa shape index (κ3) is 4.54. The predicted octanol–water partition coefficient (Wildman–Crippen LogP) is 6.24. The van der Waals surface area contributed by atoms with Crippen LogP contribution in [0.2, 0.25) is 0 Å². The standard InChI is InChI=1S/C34H23Br2Cl2FN2O9/c1-50-22-11-19(25(35)26(36)27(22)43)24-16-8-9-18-23(29(45)40(28(18)44)15-6-7-17(30(46)47)21(42)10-15)20(16)12-33(37)31(48)41(32(49)34(24,33)38)14-4-2-13(39)3-5-14/h2-8,10-11,18,20,23-24,42-43H,9,12H2,1H3,(H,46,47)/t18-,20+,23-,24+,33+,34-/m0/s1. The van der Waals surface area contributed by atoms with Gasteiger partial charge in [0.2, 0.25) is 11.8 Å². The number of methoxy groups -OCH3 is 1. The van der Waals surface area contributed by atoms with E-state index in [1.807, 2.05) is 0 Å². The Labute approximate surface area is 309 Å². The Kier molecular flexibility index (Phi) is 8.13. The number of hydrogen-bond donors (Lipinski definition) is 3. The van der Waals surface area contributed by atoms with Gasteiger partial charge in [-0.2, -0.15) is 0 Å². The Morgan fingerprint density at radius 3 is 2.20 bits per heavy atom. The minimum Gasteiger partial charge on any atom is -0.507 e. The molecule has 6 atom stereocenters. The number of hydrogen-bond acceptors (Lipinski definition) is 8. The number of carboxylic acid groups (broad SMARTS) is 1. The van der Waals surface area contributed by atoms with Crippen LogP contribution >= 0.6 is 55.1 Å². The van der Waals surface area contributed by atoms with Gasteiger partial charge in [-0.15, -0.1) is 23.2 Å². The molecular formula is C34H23Br2Cl2FN2O9. The Hall–Kier alpha value is -3.98. The number of halogens is 5. The number of carbonyl (C=O) groups is 5. The number of ether oxygens (including phenoxy) is 1. The van der Waals surface area contributed by atoms with Crippen molar-refractivity contribution in [1.82, 2.24) is 0 Å². The molecule has 0 radical (unpaired) electrons. The molecule has 2 aliphatic carbocycles. The van der Waals surface area contributed by atoms with Crippen molar-refractivity contribution in [1.29, 1.82) is 0 Å². The van der Waals surface area contributed by atoms with Crippen molar-refractivity contribution in [3.05, 3.63) is 86.1 Å². The topological polar surface area (TPSA) is 162 Å². The molecule has 7 rings (SSSR count). The summed E-state index contributed by atoms with van der Waals surface area (Å²) in [5.74, 6) is -10.3. The maximum Gasteiger partial charge on any atom is 0.339 e. The first-order chi connectivity index (χ1) is 23.6. The summed E-state index contributed by atoms with van der Waals surface area (Å²) >= 11 is 21.6. The molecule has 4 aliphatic rings. The number of nitrogens with zero attached hydrogens (tertiary/aromatic N) is 2. The second-order valence-electron chi connectivity index (χ2n) is 12.4. The lowest BCUT2D eigenvalue weighted by Gasteiger charge is -2.51. The molecule has 0 bridgehead atoms. The molecule has 3 aromatic carbocycles. The first-order valence-corrected chi connectivity index (χ1v) is 17.3. The van der Waals surface area contributed by atoms with Gasteiger partial charge in [0, 0.05) is 16.5 Å². The normalized spacial score (nSPS) is 28.7. The molecule has 4 amide bonds. The molecule has 2 aliphatic heterocycles. The summed E-state index contributed by atoms with van der Waals surface area (Å²) in [6, 6.07) is 9.37. The summed E-state index contributed by atoms with van der Waals surface area (Å²) in [4.78, 5) is 65.9. The van der Waals surface area contributed by atoms with Crippen molar-refractivity contribution in [3.63, 3.8) is 0 Å². The van der Waals surface area contributed by atoms with Crippen molar-refractivity contribution >= 4 is 96.0 Å². The van der Waals surface area contributed by atoms with Crippen molar-refractivity contribution in [2.45, 2.75) is 28.5 Å². The fourth-order valence-corrected chi connectivity index (χ4v) is 9.70. The van der Waals surface area contributed by atoms with Gasteiger partial charge < -0.3 is 20.1 Å². The molecule has 16 heteroatoms. The predicted molar refractivity (Wildman–Crippen MR) is 184 cm³/mol. The van der Waals surface area contributed by atoms with Crippen LogP contribution in [-0.2, 0) is 19.2 Å². The average Bonchev–Trinajstić information content (AvgIpc) is 3.42. The van der Waals surface area contributed by atoms with E-state index in [4.69, 9.17) is 27.9 Å². The van der Waals surface area contributed by atoms with Crippen LogP contribution in [0.1, 0.15) is 34.7 Å². The van der Waals surface area contributed by atoms with E-state index in [0.29, 0.717) is 5.57 Å². The molecule has 3 fully saturated rings. The third-order valence-electron chi connectivity index (χ3n) is 10.1. The average molecular weight is 853 g/mol. The number of benzene rings is 3. The Morgan fingerprint density at radius 2 is 1.58 bits per heavy atom. The summed E-state index contributed by atoms with van der Waals surface area (Å²) in [6.07, 6.45) is 1.37. The van der Waals surface area contributed by atoms with E-state index in [9.17, 15) is 43.7 Å². The number of carbonyl (C=O) groups excluding carboxylic acids is 4. The molecule has 2 heterocycles. The Bertz CT molecular complexity index is 2110. The molecule has 0 spiro atoms. The minimum absolute atomic E-state index is 0.0101. The highest BCUT2D eigenvalue weighted by Crippen LogP contribution is 2.67. The largest absolute Gasteiger partial charge is 0.507 e. The maximum atomic E-state index is 14.6. The molecule has 11 nitrogen and oxygen atoms in total. The van der Waals surface area contributed by atoms with Crippen molar-refractivity contribution in [2.75, 3.05) is 16.9 Å². The van der Waals surface area contributed by atoms with Crippen LogP contribution in [0.4, 0.5) is 15.8 Å². The van der Waals surface area contributed by atoms with Gasteiger partial charge >= 0.3 is 5.97 Å². The van der Waals surface area contributed by atoms with Crippen molar-refractivity contribution in [2.24, 2.45) is 17.8 Å². The lowest BCUT2D eigenvalue weighted by molar-refractivity contribution is -0.125. The number of carboxylic acids is 1. The van der Waals surface area contributed by atoms with Gasteiger partial charge in [-0.05, 0) is 98.6 Å². The summed E-state index contributed by atoms with van der Waals surface area (Å²) in [6.45, 7) is 0. The van der Waals surface area contributed by atoms with Gasteiger partial charge in [0.1, 0.15) is 17.1 Å².